The molecule has 0 N–H and O–H groups in total. The summed E-state index contributed by atoms with van der Waals surface area (Å²) >= 11 is 0. The molecule has 0 unspecified atom stereocenters. The zero-order chi connectivity index (χ0) is 27.0. The predicted octanol–water partition coefficient (Wildman–Crippen LogP) is 6.38. The van der Waals surface area contributed by atoms with Gasteiger partial charge in [-0.25, -0.2) is 18.7 Å². The third kappa shape index (κ3) is 5.37. The Morgan fingerprint density at radius 2 is 1.87 bits per heavy atom. The van der Waals surface area contributed by atoms with Gasteiger partial charge in [0.1, 0.15) is 12.5 Å². The van der Waals surface area contributed by atoms with Gasteiger partial charge in [-0.2, -0.15) is 13.2 Å². The molecular weight excluding hydrogens is 505 g/mol. The minimum atomic E-state index is -4.62. The third-order valence-electron chi connectivity index (χ3n) is 7.45. The zero-order valence-corrected chi connectivity index (χ0v) is 21.0. The zero-order valence-electron chi connectivity index (χ0n) is 21.0. The van der Waals surface area contributed by atoms with Gasteiger partial charge in [0.15, 0.2) is 6.29 Å². The Hall–Kier alpha value is -3.11. The summed E-state index contributed by atoms with van der Waals surface area (Å²) in [6, 6.07) is 9.47. The molecule has 2 saturated heterocycles. The average molecular weight is 534 g/mol. The van der Waals surface area contributed by atoms with Crippen LogP contribution < -0.4 is 4.90 Å². The molecule has 0 saturated carbocycles. The summed E-state index contributed by atoms with van der Waals surface area (Å²) in [4.78, 5) is 10.8. The van der Waals surface area contributed by atoms with Gasteiger partial charge in [-0.3, -0.25) is 0 Å². The smallest absolute Gasteiger partial charge is 0.352 e. The summed E-state index contributed by atoms with van der Waals surface area (Å²) in [6.07, 6.45) is -2.89. The van der Waals surface area contributed by atoms with Crippen LogP contribution in [0.3, 0.4) is 0 Å². The Balaban J connectivity index is 1.46. The number of hydrogen-bond acceptors (Lipinski definition) is 5. The van der Waals surface area contributed by atoms with E-state index in [-0.39, 0.29) is 34.7 Å². The van der Waals surface area contributed by atoms with Gasteiger partial charge in [-0.15, -0.1) is 0 Å². The highest BCUT2D eigenvalue weighted by Crippen LogP contribution is 2.46. The second-order valence-corrected chi connectivity index (χ2v) is 9.98. The van der Waals surface area contributed by atoms with Crippen molar-refractivity contribution in [2.24, 2.45) is 11.8 Å². The molecule has 202 valence electrons. The molecule has 5 nitrogen and oxygen atoms in total. The van der Waals surface area contributed by atoms with Crippen LogP contribution >= 0.6 is 0 Å². The first-order valence-corrected chi connectivity index (χ1v) is 12.5. The van der Waals surface area contributed by atoms with Crippen LogP contribution in [0.4, 0.5) is 27.9 Å². The second kappa shape index (κ2) is 10.6. The van der Waals surface area contributed by atoms with Crippen molar-refractivity contribution in [1.29, 1.82) is 0 Å². The topological polar surface area (TPSA) is 47.5 Å². The number of aromatic nitrogens is 2. The molecule has 2 aromatic carbocycles. The summed E-state index contributed by atoms with van der Waals surface area (Å²) in [5, 5.41) is 0. The van der Waals surface area contributed by atoms with E-state index in [2.05, 4.69) is 14.9 Å². The van der Waals surface area contributed by atoms with Crippen molar-refractivity contribution in [3.63, 3.8) is 0 Å². The molecule has 0 radical (unpaired) electrons. The van der Waals surface area contributed by atoms with Crippen molar-refractivity contribution in [3.05, 3.63) is 88.5 Å². The van der Waals surface area contributed by atoms with Crippen LogP contribution in [0.15, 0.2) is 54.9 Å². The van der Waals surface area contributed by atoms with Crippen LogP contribution in [-0.4, -0.2) is 36.0 Å². The van der Waals surface area contributed by atoms with E-state index in [1.165, 1.54) is 18.2 Å². The summed E-state index contributed by atoms with van der Waals surface area (Å²) in [7, 11) is 0. The maximum absolute atomic E-state index is 14.0. The number of aryl methyl sites for hydroxylation is 1. The van der Waals surface area contributed by atoms with E-state index in [1.54, 1.807) is 31.5 Å². The van der Waals surface area contributed by atoms with Crippen LogP contribution in [0.25, 0.3) is 0 Å². The summed E-state index contributed by atoms with van der Waals surface area (Å²) in [5.74, 6) is 0.0766. The highest BCUT2D eigenvalue weighted by molar-refractivity contribution is 5.37. The molecule has 2 aliphatic rings. The summed E-state index contributed by atoms with van der Waals surface area (Å²) in [5.41, 5.74) is 0.785. The number of alkyl halides is 4. The van der Waals surface area contributed by atoms with Crippen LogP contribution in [0.2, 0.25) is 0 Å². The quantitative estimate of drug-likeness (QED) is 0.344. The Bertz CT molecular complexity index is 1270. The molecule has 0 aliphatic carbocycles. The molecule has 38 heavy (non-hydrogen) atoms. The standard InChI is InChI=1S/C28H28F5N3O2/c1-16-8-22(30)4-5-23(16)25-24-14-36(27-34-6-3-7-35-27)13-20(24)15-37-26(25)38-17(2)19-9-18(12-29)10-21(11-19)28(31,32)33/h3-11,17,20,24-26H,12-15H2,1-2H3/t17-,20+,24-,25+,26-/m1/s1. The van der Waals surface area contributed by atoms with Gasteiger partial charge in [0.2, 0.25) is 5.95 Å². The number of benzene rings is 2. The Kier molecular flexibility index (Phi) is 7.37. The van der Waals surface area contributed by atoms with Gasteiger partial charge in [0.25, 0.3) is 0 Å². The molecule has 10 heteroatoms. The minimum Gasteiger partial charge on any atom is -0.352 e. The van der Waals surface area contributed by atoms with Crippen molar-refractivity contribution in [2.45, 2.75) is 45.0 Å². The first-order chi connectivity index (χ1) is 18.1. The van der Waals surface area contributed by atoms with E-state index in [4.69, 9.17) is 9.47 Å². The van der Waals surface area contributed by atoms with E-state index in [1.807, 2.05) is 6.92 Å². The van der Waals surface area contributed by atoms with E-state index < -0.39 is 30.8 Å². The molecular formula is C28H28F5N3O2. The molecule has 3 aromatic rings. The van der Waals surface area contributed by atoms with E-state index in [9.17, 15) is 22.0 Å². The van der Waals surface area contributed by atoms with Crippen LogP contribution in [0, 0.1) is 24.6 Å². The van der Waals surface area contributed by atoms with Crippen LogP contribution in [0.5, 0.6) is 0 Å². The summed E-state index contributed by atoms with van der Waals surface area (Å²) in [6.45, 7) is 4.07. The molecule has 0 bridgehead atoms. The first-order valence-electron chi connectivity index (χ1n) is 12.5. The highest BCUT2D eigenvalue weighted by Gasteiger charge is 2.48. The lowest BCUT2D eigenvalue weighted by Gasteiger charge is -2.41. The third-order valence-corrected chi connectivity index (χ3v) is 7.45. The number of nitrogens with zero attached hydrogens (tertiary/aromatic N) is 3. The van der Waals surface area contributed by atoms with Gasteiger partial charge in [0.05, 0.1) is 18.3 Å². The van der Waals surface area contributed by atoms with Gasteiger partial charge >= 0.3 is 6.18 Å². The second-order valence-electron chi connectivity index (χ2n) is 9.98. The molecule has 2 fully saturated rings. The molecule has 0 amide bonds. The summed E-state index contributed by atoms with van der Waals surface area (Å²) < 4.78 is 80.2. The van der Waals surface area contributed by atoms with Crippen molar-refractivity contribution in [3.8, 4) is 0 Å². The van der Waals surface area contributed by atoms with Crippen LogP contribution in [0.1, 0.15) is 46.8 Å². The van der Waals surface area contributed by atoms with E-state index in [0.717, 1.165) is 23.3 Å². The highest BCUT2D eigenvalue weighted by atomic mass is 19.4. The Morgan fingerprint density at radius 1 is 1.11 bits per heavy atom. The molecule has 5 rings (SSSR count). The number of hydrogen-bond donors (Lipinski definition) is 0. The van der Waals surface area contributed by atoms with Crippen molar-refractivity contribution in [1.82, 2.24) is 9.97 Å². The number of fused-ring (bicyclic) bond motifs is 1. The SMILES string of the molecule is Cc1cc(F)ccc1[C@@H]1[C@@H](O[C@H](C)c2cc(CF)cc(C(F)(F)F)c2)OC[C@@H]2CN(c3ncccn3)C[C@H]21. The number of anilines is 1. The maximum atomic E-state index is 14.0. The lowest BCUT2D eigenvalue weighted by atomic mass is 9.76. The van der Waals surface area contributed by atoms with Crippen molar-refractivity contribution in [2.75, 3.05) is 24.6 Å². The Labute approximate surface area is 217 Å². The first kappa shape index (κ1) is 26.5. The van der Waals surface area contributed by atoms with E-state index in [0.29, 0.717) is 25.6 Å². The lowest BCUT2D eigenvalue weighted by molar-refractivity contribution is -0.217. The lowest BCUT2D eigenvalue weighted by Crippen LogP contribution is -2.42. The normalized spacial score (nSPS) is 24.3. The van der Waals surface area contributed by atoms with Gasteiger partial charge in [0, 0.05) is 37.3 Å². The molecule has 2 aliphatic heterocycles. The van der Waals surface area contributed by atoms with E-state index >= 15 is 0 Å². The van der Waals surface area contributed by atoms with Gasteiger partial charge in [-0.1, -0.05) is 12.1 Å². The fourth-order valence-corrected chi connectivity index (χ4v) is 5.61. The van der Waals surface area contributed by atoms with Gasteiger partial charge < -0.3 is 14.4 Å². The largest absolute Gasteiger partial charge is 0.416 e. The molecule has 3 heterocycles. The van der Waals surface area contributed by atoms with Crippen LogP contribution in [-0.2, 0) is 22.3 Å². The van der Waals surface area contributed by atoms with Crippen molar-refractivity contribution < 1.29 is 31.4 Å². The number of ether oxygens (including phenoxy) is 2. The maximum Gasteiger partial charge on any atom is 0.416 e. The predicted molar refractivity (Wildman–Crippen MR) is 131 cm³/mol. The van der Waals surface area contributed by atoms with Crippen molar-refractivity contribution >= 4 is 5.95 Å². The Morgan fingerprint density at radius 3 is 2.55 bits per heavy atom. The fraction of sp³-hybridized carbons (Fsp3) is 0.429. The molecule has 1 aromatic heterocycles. The number of halogens is 5. The minimum absolute atomic E-state index is 0.0387. The van der Waals surface area contributed by atoms with Gasteiger partial charge in [-0.05, 0) is 72.4 Å². The average Bonchev–Trinajstić information content (AvgIpc) is 3.33. The number of rotatable bonds is 6. The molecule has 0 spiro atoms. The monoisotopic (exact) mass is 533 g/mol. The fourth-order valence-electron chi connectivity index (χ4n) is 5.61. The molecule has 5 atom stereocenters.